The van der Waals surface area contributed by atoms with Crippen LogP contribution in [0, 0.1) is 23.5 Å². The van der Waals surface area contributed by atoms with Crippen LogP contribution in [0.2, 0.25) is 5.02 Å². The zero-order chi connectivity index (χ0) is 27.1. The molecule has 0 bridgehead atoms. The van der Waals surface area contributed by atoms with Gasteiger partial charge in [0.05, 0.1) is 17.0 Å². The van der Waals surface area contributed by atoms with Gasteiger partial charge in [-0.05, 0) is 67.9 Å². The summed E-state index contributed by atoms with van der Waals surface area (Å²) in [5.74, 6) is -1.90. The molecule has 204 valence electrons. The summed E-state index contributed by atoms with van der Waals surface area (Å²) in [6.07, 6.45) is 4.70. The topological polar surface area (TPSA) is 87.5 Å². The van der Waals surface area contributed by atoms with E-state index in [0.29, 0.717) is 23.9 Å². The lowest BCUT2D eigenvalue weighted by atomic mass is 9.90. The van der Waals surface area contributed by atoms with Crippen LogP contribution in [0.4, 0.5) is 8.78 Å². The summed E-state index contributed by atoms with van der Waals surface area (Å²) in [7, 11) is 0. The minimum absolute atomic E-state index is 0.00401. The number of benzene rings is 2. The van der Waals surface area contributed by atoms with Crippen molar-refractivity contribution in [3.63, 3.8) is 0 Å². The van der Waals surface area contributed by atoms with Crippen molar-refractivity contribution in [2.45, 2.75) is 43.7 Å². The van der Waals surface area contributed by atoms with Crippen LogP contribution in [0.5, 0.6) is 0 Å². The summed E-state index contributed by atoms with van der Waals surface area (Å²) in [6.45, 7) is 2.28. The highest BCUT2D eigenvalue weighted by Crippen LogP contribution is 2.46. The number of carbonyl (C=O) groups excluding carboxylic acids is 2. The van der Waals surface area contributed by atoms with Crippen molar-refractivity contribution >= 4 is 23.4 Å². The zero-order valence-electron chi connectivity index (χ0n) is 21.3. The molecule has 2 aliphatic carbocycles. The van der Waals surface area contributed by atoms with E-state index >= 15 is 0 Å². The smallest absolute Gasteiger partial charge is 0.273 e. The molecule has 1 aliphatic heterocycles. The Bertz CT molecular complexity index is 1400. The van der Waals surface area contributed by atoms with Crippen LogP contribution in [-0.2, 0) is 10.3 Å². The molecule has 3 fully saturated rings. The molecule has 3 aromatic rings. The average Bonchev–Trinajstić information content (AvgIpc) is 3.83. The summed E-state index contributed by atoms with van der Waals surface area (Å²) < 4.78 is 32.7. The van der Waals surface area contributed by atoms with Gasteiger partial charge in [-0.15, -0.1) is 0 Å². The molecule has 1 aromatic heterocycles. The third kappa shape index (κ3) is 5.70. The number of nitrogens with one attached hydrogen (secondary N) is 2. The van der Waals surface area contributed by atoms with E-state index in [1.165, 1.54) is 25.0 Å². The third-order valence-electron chi connectivity index (χ3n) is 7.99. The number of piperidine rings is 1. The van der Waals surface area contributed by atoms with Crippen molar-refractivity contribution in [2.24, 2.45) is 11.8 Å². The summed E-state index contributed by atoms with van der Waals surface area (Å²) >= 11 is 6.21. The highest BCUT2D eigenvalue weighted by Gasteiger charge is 2.48. The van der Waals surface area contributed by atoms with Crippen molar-refractivity contribution in [2.75, 3.05) is 19.6 Å². The predicted molar refractivity (Wildman–Crippen MR) is 141 cm³/mol. The van der Waals surface area contributed by atoms with Gasteiger partial charge in [0.15, 0.2) is 11.5 Å². The first-order valence-electron chi connectivity index (χ1n) is 13.3. The molecule has 1 saturated heterocycles. The van der Waals surface area contributed by atoms with Gasteiger partial charge in [0, 0.05) is 42.8 Å². The van der Waals surface area contributed by atoms with Crippen molar-refractivity contribution in [3.8, 4) is 11.3 Å². The maximum absolute atomic E-state index is 14.2. The number of aromatic nitrogens is 1. The van der Waals surface area contributed by atoms with Crippen molar-refractivity contribution < 1.29 is 22.9 Å². The fourth-order valence-electron chi connectivity index (χ4n) is 5.46. The zero-order valence-corrected chi connectivity index (χ0v) is 22.0. The van der Waals surface area contributed by atoms with Gasteiger partial charge in [0.25, 0.3) is 5.91 Å². The van der Waals surface area contributed by atoms with E-state index in [2.05, 4.69) is 20.7 Å². The lowest BCUT2D eigenvalue weighted by molar-refractivity contribution is -0.128. The summed E-state index contributed by atoms with van der Waals surface area (Å²) in [5.41, 5.74) is 0.517. The quantitative estimate of drug-likeness (QED) is 0.413. The molecule has 0 unspecified atom stereocenters. The largest absolute Gasteiger partial charge is 0.355 e. The van der Waals surface area contributed by atoms with Crippen LogP contribution in [0.3, 0.4) is 0 Å². The number of carbonyl (C=O) groups is 2. The van der Waals surface area contributed by atoms with Crippen molar-refractivity contribution in [1.82, 2.24) is 20.7 Å². The molecule has 10 heteroatoms. The molecule has 2 atom stereocenters. The maximum atomic E-state index is 14.2. The van der Waals surface area contributed by atoms with Crippen LogP contribution in [0.1, 0.15) is 48.2 Å². The standard InChI is InChI=1S/C29H29ClF2N4O3/c30-19-3-1-2-18(12-19)29(9-10-29)34-27(37)22-16-36(15-17-4-5-17)11-8-24(22)33-28(38)25-14-26(39-35-25)21-7-6-20(31)13-23(21)32/h1-3,6-7,12-14,17,22,24H,4-5,8-11,15-16H2,(H,33,38)(H,34,37)/t22-,24-/m0/s1. The predicted octanol–water partition coefficient (Wildman–Crippen LogP) is 4.91. The summed E-state index contributed by atoms with van der Waals surface area (Å²) in [6, 6.07) is 11.6. The molecule has 3 aliphatic rings. The monoisotopic (exact) mass is 554 g/mol. The SMILES string of the molecule is O=C(N[C@H]1CCN(CC2CC2)C[C@@H]1C(=O)NC1(c2cccc(Cl)c2)CC1)c1cc(-c2ccc(F)cc2F)on1. The molecule has 39 heavy (non-hydrogen) atoms. The van der Waals surface area contributed by atoms with Crippen molar-refractivity contribution in [3.05, 3.63) is 76.4 Å². The second-order valence-electron chi connectivity index (χ2n) is 11.0. The van der Waals surface area contributed by atoms with E-state index in [-0.39, 0.29) is 22.9 Å². The Hall–Kier alpha value is -3.30. The Kier molecular flexibility index (Phi) is 6.89. The highest BCUT2D eigenvalue weighted by molar-refractivity contribution is 6.30. The Labute approximate surface area is 229 Å². The second kappa shape index (κ2) is 10.4. The van der Waals surface area contributed by atoms with Gasteiger partial charge in [0.1, 0.15) is 11.6 Å². The van der Waals surface area contributed by atoms with Gasteiger partial charge in [-0.3, -0.25) is 9.59 Å². The fraction of sp³-hybridized carbons (Fsp3) is 0.414. The van der Waals surface area contributed by atoms with E-state index in [9.17, 15) is 18.4 Å². The van der Waals surface area contributed by atoms with Gasteiger partial charge in [0.2, 0.25) is 5.91 Å². The first-order chi connectivity index (χ1) is 18.8. The van der Waals surface area contributed by atoms with Gasteiger partial charge in [-0.25, -0.2) is 8.78 Å². The lowest BCUT2D eigenvalue weighted by Crippen LogP contribution is -2.57. The number of halogens is 3. The molecule has 2 heterocycles. The van der Waals surface area contributed by atoms with E-state index < -0.39 is 35.0 Å². The van der Waals surface area contributed by atoms with Gasteiger partial charge < -0.3 is 20.1 Å². The summed E-state index contributed by atoms with van der Waals surface area (Å²) in [5, 5.41) is 10.7. The average molecular weight is 555 g/mol. The Morgan fingerprint density at radius 2 is 1.92 bits per heavy atom. The van der Waals surface area contributed by atoms with Crippen LogP contribution < -0.4 is 10.6 Å². The maximum Gasteiger partial charge on any atom is 0.273 e. The molecule has 2 amide bonds. The van der Waals surface area contributed by atoms with Gasteiger partial charge in [-0.1, -0.05) is 28.9 Å². The highest BCUT2D eigenvalue weighted by atomic mass is 35.5. The second-order valence-corrected chi connectivity index (χ2v) is 11.4. The third-order valence-corrected chi connectivity index (χ3v) is 8.23. The van der Waals surface area contributed by atoms with E-state index in [1.54, 1.807) is 0 Å². The number of likely N-dealkylation sites (tertiary alicyclic amines) is 1. The van der Waals surface area contributed by atoms with E-state index in [1.807, 2.05) is 24.3 Å². The normalized spacial score (nSPS) is 22.3. The molecule has 2 N–H and O–H groups in total. The Morgan fingerprint density at radius 3 is 2.64 bits per heavy atom. The molecular weight excluding hydrogens is 526 g/mol. The first kappa shape index (κ1) is 26.0. The Balaban J connectivity index is 1.18. The van der Waals surface area contributed by atoms with Crippen molar-refractivity contribution in [1.29, 1.82) is 0 Å². The fourth-order valence-corrected chi connectivity index (χ4v) is 5.65. The number of rotatable bonds is 8. The lowest BCUT2D eigenvalue weighted by Gasteiger charge is -2.38. The van der Waals surface area contributed by atoms with Crippen LogP contribution >= 0.6 is 11.6 Å². The number of nitrogens with zero attached hydrogens (tertiary/aromatic N) is 2. The number of amides is 2. The van der Waals surface area contributed by atoms with E-state index in [0.717, 1.165) is 43.6 Å². The summed E-state index contributed by atoms with van der Waals surface area (Å²) in [4.78, 5) is 29.2. The van der Waals surface area contributed by atoms with E-state index in [4.69, 9.17) is 16.1 Å². The molecule has 2 aromatic carbocycles. The van der Waals surface area contributed by atoms with Gasteiger partial charge >= 0.3 is 0 Å². The minimum Gasteiger partial charge on any atom is -0.355 e. The Morgan fingerprint density at radius 1 is 1.10 bits per heavy atom. The molecular formula is C29H29ClF2N4O3. The molecule has 7 nitrogen and oxygen atoms in total. The van der Waals surface area contributed by atoms with Crippen LogP contribution in [0.25, 0.3) is 11.3 Å². The van der Waals surface area contributed by atoms with Gasteiger partial charge in [-0.2, -0.15) is 0 Å². The molecule has 0 spiro atoms. The molecule has 6 rings (SSSR count). The minimum atomic E-state index is -0.813. The van der Waals surface area contributed by atoms with Crippen LogP contribution in [0.15, 0.2) is 53.1 Å². The first-order valence-corrected chi connectivity index (χ1v) is 13.7. The van der Waals surface area contributed by atoms with Crippen LogP contribution in [-0.4, -0.2) is 47.5 Å². The molecule has 0 radical (unpaired) electrons. The number of hydrogen-bond acceptors (Lipinski definition) is 5. The number of hydrogen-bond donors (Lipinski definition) is 2. The molecule has 2 saturated carbocycles.